The molecule has 2 N–H and O–H groups in total. The summed E-state index contributed by atoms with van der Waals surface area (Å²) in [5.41, 5.74) is -0.0215. The minimum atomic E-state index is -3.72. The van der Waals surface area contributed by atoms with Crippen LogP contribution in [0, 0.1) is 0 Å². The van der Waals surface area contributed by atoms with Crippen LogP contribution >= 0.6 is 0 Å². The molecule has 0 aromatic heterocycles. The number of halogens is 2. The Bertz CT molecular complexity index is 1260. The first-order chi connectivity index (χ1) is 16.7. The highest BCUT2D eigenvalue weighted by molar-refractivity contribution is 6.32. The van der Waals surface area contributed by atoms with Crippen LogP contribution in [0.3, 0.4) is 0 Å². The average Bonchev–Trinajstić information content (AvgIpc) is 3.16. The Balaban J connectivity index is 1.44. The quantitative estimate of drug-likeness (QED) is 0.495. The van der Waals surface area contributed by atoms with E-state index in [0.717, 1.165) is 5.56 Å². The van der Waals surface area contributed by atoms with E-state index in [1.54, 1.807) is 24.3 Å². The molecule has 0 unspecified atom stereocenters. The molecule has 4 amide bonds. The third-order valence-corrected chi connectivity index (χ3v) is 6.69. The predicted molar refractivity (Wildman–Crippen MR) is 128 cm³/mol. The highest BCUT2D eigenvalue weighted by atomic mass is 19.3. The lowest BCUT2D eigenvalue weighted by molar-refractivity contribution is -0.147. The second-order valence-electron chi connectivity index (χ2n) is 10.3. The Hall–Kier alpha value is -3.56. The van der Waals surface area contributed by atoms with Crippen LogP contribution in [0.1, 0.15) is 66.2 Å². The molecule has 0 saturated carbocycles. The molecule has 7 nitrogen and oxygen atoms in total. The van der Waals surface area contributed by atoms with Gasteiger partial charge in [0.2, 0.25) is 11.8 Å². The maximum Gasteiger partial charge on any atom is 0.349 e. The number of piperidine rings is 1. The van der Waals surface area contributed by atoms with Gasteiger partial charge in [-0.3, -0.25) is 24.5 Å². The number of nitrogens with one attached hydrogen (secondary N) is 2. The van der Waals surface area contributed by atoms with Crippen molar-refractivity contribution in [1.82, 2.24) is 15.5 Å². The number of imide groups is 1. The van der Waals surface area contributed by atoms with Crippen molar-refractivity contribution in [2.24, 2.45) is 0 Å². The first-order valence-electron chi connectivity index (χ1n) is 11.6. The fourth-order valence-corrected chi connectivity index (χ4v) is 4.38. The van der Waals surface area contributed by atoms with Gasteiger partial charge in [0.05, 0.1) is 5.44 Å². The fourth-order valence-electron chi connectivity index (χ4n) is 4.38. The molecule has 186 valence electrons. The summed E-state index contributed by atoms with van der Waals surface area (Å²) in [6, 6.07) is 10.4. The van der Waals surface area contributed by atoms with Gasteiger partial charge in [0.1, 0.15) is 7.85 Å². The first kappa shape index (κ1) is 25.5. The zero-order valence-corrected chi connectivity index (χ0v) is 20.3. The van der Waals surface area contributed by atoms with Crippen LogP contribution in [-0.4, -0.2) is 41.8 Å². The van der Waals surface area contributed by atoms with E-state index >= 15 is 0 Å². The van der Waals surface area contributed by atoms with Gasteiger partial charge in [-0.2, -0.15) is 8.78 Å². The zero-order chi connectivity index (χ0) is 26.5. The van der Waals surface area contributed by atoms with Crippen LogP contribution in [-0.2, 0) is 38.8 Å². The van der Waals surface area contributed by atoms with Crippen molar-refractivity contribution in [3.63, 3.8) is 0 Å². The van der Waals surface area contributed by atoms with Crippen molar-refractivity contribution in [3.05, 3.63) is 70.3 Å². The third-order valence-electron chi connectivity index (χ3n) is 6.69. The smallest absolute Gasteiger partial charge is 0.346 e. The van der Waals surface area contributed by atoms with Gasteiger partial charge in [-0.15, -0.1) is 0 Å². The molecule has 1 fully saturated rings. The van der Waals surface area contributed by atoms with Crippen LogP contribution in [0.2, 0.25) is 0 Å². The summed E-state index contributed by atoms with van der Waals surface area (Å²) >= 11 is 0. The number of benzene rings is 2. The van der Waals surface area contributed by atoms with Crippen molar-refractivity contribution in [2.75, 3.05) is 0 Å². The average molecular weight is 493 g/mol. The molecule has 2 aromatic carbocycles. The van der Waals surface area contributed by atoms with Crippen molar-refractivity contribution >= 4 is 31.5 Å². The number of hydrogen-bond donors (Lipinski definition) is 2. The molecule has 2 radical (unpaired) electrons. The highest BCUT2D eigenvalue weighted by Crippen LogP contribution is 2.34. The molecule has 2 heterocycles. The molecule has 0 spiro atoms. The number of alkyl halides is 2. The second kappa shape index (κ2) is 8.83. The maximum atomic E-state index is 14.8. The Morgan fingerprint density at radius 3 is 2.33 bits per heavy atom. The summed E-state index contributed by atoms with van der Waals surface area (Å²) in [5, 5.41) is 4.43. The summed E-state index contributed by atoms with van der Waals surface area (Å²) in [7, 11) is 6.21. The summed E-state index contributed by atoms with van der Waals surface area (Å²) in [6.45, 7) is 5.74. The molecule has 1 atom stereocenters. The van der Waals surface area contributed by atoms with Gasteiger partial charge in [0.15, 0.2) is 0 Å². The monoisotopic (exact) mass is 493 g/mol. The van der Waals surface area contributed by atoms with E-state index in [1.807, 2.05) is 20.8 Å². The van der Waals surface area contributed by atoms with Crippen LogP contribution < -0.4 is 10.6 Å². The molecular formula is C26H26BF2N3O4. The molecule has 2 aliphatic heterocycles. The van der Waals surface area contributed by atoms with Crippen molar-refractivity contribution in [3.8, 4) is 0 Å². The van der Waals surface area contributed by atoms with Crippen LogP contribution in [0.25, 0.3) is 0 Å². The van der Waals surface area contributed by atoms with E-state index < -0.39 is 40.6 Å². The summed E-state index contributed by atoms with van der Waals surface area (Å²) in [5.74, 6) is -6.82. The molecule has 1 saturated heterocycles. The Morgan fingerprint density at radius 2 is 1.72 bits per heavy atom. The van der Waals surface area contributed by atoms with Crippen molar-refractivity contribution < 1.29 is 28.0 Å². The molecule has 10 heteroatoms. The van der Waals surface area contributed by atoms with E-state index in [9.17, 15) is 28.0 Å². The van der Waals surface area contributed by atoms with Crippen LogP contribution in [0.15, 0.2) is 42.5 Å². The number of hydrogen-bond acceptors (Lipinski definition) is 4. The number of carbonyl (C=O) groups excluding carboxylic acids is 4. The highest BCUT2D eigenvalue weighted by Gasteiger charge is 2.47. The topological polar surface area (TPSA) is 95.6 Å². The van der Waals surface area contributed by atoms with Crippen LogP contribution in [0.5, 0.6) is 0 Å². The van der Waals surface area contributed by atoms with Gasteiger partial charge in [0.25, 0.3) is 11.8 Å². The predicted octanol–water partition coefficient (Wildman–Crippen LogP) is 2.65. The number of nitrogens with zero attached hydrogens (tertiary/aromatic N) is 1. The van der Waals surface area contributed by atoms with E-state index in [4.69, 9.17) is 7.85 Å². The number of fused-ring (bicyclic) bond motifs is 1. The van der Waals surface area contributed by atoms with Crippen LogP contribution in [0.4, 0.5) is 8.78 Å². The normalized spacial score (nSPS) is 20.2. The number of amides is 4. The Labute approximate surface area is 209 Å². The lowest BCUT2D eigenvalue weighted by atomic mass is 9.70. The maximum absolute atomic E-state index is 14.8. The molecule has 2 aromatic rings. The molecular weight excluding hydrogens is 467 g/mol. The van der Waals surface area contributed by atoms with Gasteiger partial charge in [-0.1, -0.05) is 57.2 Å². The molecule has 0 aliphatic carbocycles. The number of rotatable bonds is 5. The summed E-state index contributed by atoms with van der Waals surface area (Å²) in [4.78, 5) is 50.3. The lowest BCUT2D eigenvalue weighted by Crippen LogP contribution is -2.63. The van der Waals surface area contributed by atoms with E-state index in [-0.39, 0.29) is 31.3 Å². The second-order valence-corrected chi connectivity index (χ2v) is 10.3. The van der Waals surface area contributed by atoms with Gasteiger partial charge >= 0.3 is 5.92 Å². The van der Waals surface area contributed by atoms with Gasteiger partial charge in [-0.05, 0) is 34.6 Å². The van der Waals surface area contributed by atoms with Crippen molar-refractivity contribution in [2.45, 2.75) is 63.5 Å². The first-order valence-corrected chi connectivity index (χ1v) is 11.6. The van der Waals surface area contributed by atoms with E-state index in [2.05, 4.69) is 10.6 Å². The zero-order valence-electron chi connectivity index (χ0n) is 20.3. The lowest BCUT2D eigenvalue weighted by Gasteiger charge is -2.40. The van der Waals surface area contributed by atoms with Gasteiger partial charge in [0, 0.05) is 30.6 Å². The molecule has 36 heavy (non-hydrogen) atoms. The van der Waals surface area contributed by atoms with Gasteiger partial charge < -0.3 is 10.2 Å². The minimum Gasteiger partial charge on any atom is -0.346 e. The fraction of sp³-hybridized carbons (Fsp3) is 0.385. The number of carbonyl (C=O) groups is 4. The van der Waals surface area contributed by atoms with Crippen molar-refractivity contribution in [1.29, 1.82) is 0 Å². The SMILES string of the molecule is [B][C@@]1(N2Cc3cc(CNC(=O)C(F)(F)c4ccc(C(C)(C)C)cc4)ccc3C2=O)CCC(=O)NC1=O. The third kappa shape index (κ3) is 4.52. The largest absolute Gasteiger partial charge is 0.349 e. The van der Waals surface area contributed by atoms with Gasteiger partial charge in [-0.25, -0.2) is 0 Å². The summed E-state index contributed by atoms with van der Waals surface area (Å²) in [6.07, 6.45) is -0.00108. The standard InChI is InChI=1S/C26H26BF2N3O4/c1-24(2,3)17-5-7-18(8-6-17)26(28,29)23(36)30-13-15-4-9-19-16(12-15)14-32(21(19)34)25(27)11-10-20(33)31-22(25)35/h4-9,12H,10-11,13-14H2,1-3H3,(H,30,36)(H,31,33,35)/t25-/m1/s1. The molecule has 0 bridgehead atoms. The Kier molecular flexibility index (Phi) is 6.26. The Morgan fingerprint density at radius 1 is 1.08 bits per heavy atom. The van der Waals surface area contributed by atoms with E-state index in [0.29, 0.717) is 16.7 Å². The van der Waals surface area contributed by atoms with E-state index in [1.165, 1.54) is 23.1 Å². The minimum absolute atomic E-state index is 0.00674. The summed E-state index contributed by atoms with van der Waals surface area (Å²) < 4.78 is 29.6. The molecule has 4 rings (SSSR count). The molecule has 2 aliphatic rings.